The van der Waals surface area contributed by atoms with E-state index in [1.165, 1.54) is 0 Å². The molecule has 1 heterocycles. The number of halogens is 1. The molecule has 2 nitrogen and oxygen atoms in total. The number of benzene rings is 1. The molecule has 0 radical (unpaired) electrons. The molecule has 0 bridgehead atoms. The summed E-state index contributed by atoms with van der Waals surface area (Å²) in [6, 6.07) is 7.27. The molecule has 2 unspecified atom stereocenters. The lowest BCUT2D eigenvalue weighted by Gasteiger charge is -2.14. The average molecular weight is 252 g/mol. The Balaban J connectivity index is 2.01. The van der Waals surface area contributed by atoms with E-state index < -0.39 is 0 Å². The van der Waals surface area contributed by atoms with Crippen LogP contribution in [0.2, 0.25) is 5.02 Å². The van der Waals surface area contributed by atoms with Crippen molar-refractivity contribution in [1.82, 2.24) is 4.90 Å². The molecule has 2 rings (SSSR count). The minimum absolute atomic E-state index is 0.122. The standard InChI is InChI=1S/C14H18ClNO/c1-10-7-16(8-11(10)2)9-14(17)12-5-3-4-6-13(12)15/h3-6,10-11H,7-9H2,1-2H3. The topological polar surface area (TPSA) is 20.3 Å². The number of hydrogen-bond acceptors (Lipinski definition) is 2. The molecular weight excluding hydrogens is 234 g/mol. The molecule has 0 spiro atoms. The van der Waals surface area contributed by atoms with E-state index in [9.17, 15) is 4.79 Å². The third-order valence-corrected chi connectivity index (χ3v) is 3.93. The first-order valence-corrected chi connectivity index (χ1v) is 6.46. The van der Waals surface area contributed by atoms with Crippen LogP contribution in [0, 0.1) is 11.8 Å². The molecular formula is C14H18ClNO. The fourth-order valence-electron chi connectivity index (χ4n) is 2.35. The number of hydrogen-bond donors (Lipinski definition) is 0. The van der Waals surface area contributed by atoms with Crippen LogP contribution in [0.25, 0.3) is 0 Å². The Labute approximate surface area is 108 Å². The van der Waals surface area contributed by atoms with Crippen molar-refractivity contribution < 1.29 is 4.79 Å². The van der Waals surface area contributed by atoms with E-state index >= 15 is 0 Å². The average Bonchev–Trinajstić information content (AvgIpc) is 2.58. The van der Waals surface area contributed by atoms with Gasteiger partial charge in [0.2, 0.25) is 0 Å². The Hall–Kier alpha value is -0.860. The van der Waals surface area contributed by atoms with Crippen LogP contribution in [0.3, 0.4) is 0 Å². The quantitative estimate of drug-likeness (QED) is 0.770. The predicted molar refractivity (Wildman–Crippen MR) is 70.6 cm³/mol. The number of likely N-dealkylation sites (tertiary alicyclic amines) is 1. The van der Waals surface area contributed by atoms with Crippen molar-refractivity contribution in [3.63, 3.8) is 0 Å². The fourth-order valence-corrected chi connectivity index (χ4v) is 2.59. The molecule has 1 aromatic rings. The van der Waals surface area contributed by atoms with Gasteiger partial charge >= 0.3 is 0 Å². The molecule has 1 aromatic carbocycles. The number of rotatable bonds is 3. The highest BCUT2D eigenvalue weighted by atomic mass is 35.5. The van der Waals surface area contributed by atoms with Gasteiger partial charge in [-0.05, 0) is 24.0 Å². The van der Waals surface area contributed by atoms with Gasteiger partial charge in [-0.1, -0.05) is 37.6 Å². The third-order valence-electron chi connectivity index (χ3n) is 3.61. The molecule has 0 aliphatic carbocycles. The lowest BCUT2D eigenvalue weighted by molar-refractivity contribution is 0.0943. The monoisotopic (exact) mass is 251 g/mol. The van der Waals surface area contributed by atoms with Crippen molar-refractivity contribution >= 4 is 17.4 Å². The first-order valence-electron chi connectivity index (χ1n) is 6.08. The maximum atomic E-state index is 12.1. The summed E-state index contributed by atoms with van der Waals surface area (Å²) in [5.74, 6) is 1.47. The molecule has 2 atom stereocenters. The maximum absolute atomic E-state index is 12.1. The fraction of sp³-hybridized carbons (Fsp3) is 0.500. The number of ketones is 1. The van der Waals surface area contributed by atoms with E-state index in [4.69, 9.17) is 11.6 Å². The first kappa shape index (κ1) is 12.6. The van der Waals surface area contributed by atoms with E-state index in [2.05, 4.69) is 18.7 Å². The third kappa shape index (κ3) is 2.88. The molecule has 0 amide bonds. The number of carbonyl (C=O) groups is 1. The van der Waals surface area contributed by atoms with E-state index in [1.54, 1.807) is 12.1 Å². The van der Waals surface area contributed by atoms with Crippen LogP contribution in [-0.2, 0) is 0 Å². The molecule has 92 valence electrons. The predicted octanol–water partition coefficient (Wildman–Crippen LogP) is 3.11. The van der Waals surface area contributed by atoms with Gasteiger partial charge < -0.3 is 0 Å². The second-order valence-electron chi connectivity index (χ2n) is 5.05. The molecule has 1 fully saturated rings. The highest BCUT2D eigenvalue weighted by Crippen LogP contribution is 2.23. The largest absolute Gasteiger partial charge is 0.295 e. The highest BCUT2D eigenvalue weighted by Gasteiger charge is 2.27. The van der Waals surface area contributed by atoms with Crippen LogP contribution >= 0.6 is 11.6 Å². The van der Waals surface area contributed by atoms with E-state index in [0.29, 0.717) is 29.0 Å². The molecule has 0 saturated carbocycles. The Bertz CT molecular complexity index is 408. The molecule has 1 aliphatic heterocycles. The van der Waals surface area contributed by atoms with Gasteiger partial charge in [-0.15, -0.1) is 0 Å². The zero-order chi connectivity index (χ0) is 12.4. The summed E-state index contributed by atoms with van der Waals surface area (Å²) < 4.78 is 0. The van der Waals surface area contributed by atoms with Crippen LogP contribution in [0.15, 0.2) is 24.3 Å². The van der Waals surface area contributed by atoms with E-state index in [0.717, 1.165) is 13.1 Å². The van der Waals surface area contributed by atoms with E-state index in [-0.39, 0.29) is 5.78 Å². The summed E-state index contributed by atoms with van der Waals surface area (Å²) in [6.45, 7) is 6.99. The van der Waals surface area contributed by atoms with Gasteiger partial charge in [0.05, 0.1) is 11.6 Å². The highest BCUT2D eigenvalue weighted by molar-refractivity contribution is 6.34. The van der Waals surface area contributed by atoms with Crippen molar-refractivity contribution in [3.8, 4) is 0 Å². The summed E-state index contributed by atoms with van der Waals surface area (Å²) in [5, 5.41) is 0.554. The van der Waals surface area contributed by atoms with Crippen LogP contribution in [0.1, 0.15) is 24.2 Å². The number of nitrogens with zero attached hydrogens (tertiary/aromatic N) is 1. The van der Waals surface area contributed by atoms with Crippen molar-refractivity contribution in [1.29, 1.82) is 0 Å². The van der Waals surface area contributed by atoms with Gasteiger partial charge in [-0.3, -0.25) is 9.69 Å². The molecule has 0 aromatic heterocycles. The Morgan fingerprint density at radius 1 is 1.29 bits per heavy atom. The minimum Gasteiger partial charge on any atom is -0.295 e. The van der Waals surface area contributed by atoms with Gasteiger partial charge in [-0.25, -0.2) is 0 Å². The molecule has 3 heteroatoms. The zero-order valence-electron chi connectivity index (χ0n) is 10.3. The molecule has 1 aliphatic rings. The van der Waals surface area contributed by atoms with Crippen molar-refractivity contribution in [3.05, 3.63) is 34.9 Å². The second kappa shape index (κ2) is 5.19. The first-order chi connectivity index (χ1) is 8.08. The van der Waals surface area contributed by atoms with Crippen LogP contribution in [0.4, 0.5) is 0 Å². The van der Waals surface area contributed by atoms with Gasteiger partial charge in [0.25, 0.3) is 0 Å². The minimum atomic E-state index is 0.122. The maximum Gasteiger partial charge on any atom is 0.178 e. The summed E-state index contributed by atoms with van der Waals surface area (Å²) in [7, 11) is 0. The normalized spacial score (nSPS) is 25.1. The van der Waals surface area contributed by atoms with Gasteiger partial charge in [0.1, 0.15) is 0 Å². The van der Waals surface area contributed by atoms with Crippen LogP contribution in [0.5, 0.6) is 0 Å². The van der Waals surface area contributed by atoms with Crippen molar-refractivity contribution in [2.24, 2.45) is 11.8 Å². The SMILES string of the molecule is CC1CN(CC(=O)c2ccccc2Cl)CC1C. The molecule has 0 N–H and O–H groups in total. The van der Waals surface area contributed by atoms with E-state index in [1.807, 2.05) is 12.1 Å². The smallest absolute Gasteiger partial charge is 0.178 e. The van der Waals surface area contributed by atoms with Gasteiger partial charge in [-0.2, -0.15) is 0 Å². The summed E-state index contributed by atoms with van der Waals surface area (Å²) >= 11 is 6.02. The van der Waals surface area contributed by atoms with Crippen LogP contribution in [-0.4, -0.2) is 30.3 Å². The summed E-state index contributed by atoms with van der Waals surface area (Å²) in [5.41, 5.74) is 0.640. The van der Waals surface area contributed by atoms with Crippen molar-refractivity contribution in [2.75, 3.05) is 19.6 Å². The Morgan fingerprint density at radius 3 is 2.47 bits per heavy atom. The summed E-state index contributed by atoms with van der Waals surface area (Å²) in [4.78, 5) is 14.3. The number of carbonyl (C=O) groups excluding carboxylic acids is 1. The van der Waals surface area contributed by atoms with Crippen LogP contribution < -0.4 is 0 Å². The lowest BCUT2D eigenvalue weighted by atomic mass is 10.0. The van der Waals surface area contributed by atoms with Gasteiger partial charge in [0.15, 0.2) is 5.78 Å². The Morgan fingerprint density at radius 2 is 1.88 bits per heavy atom. The molecule has 17 heavy (non-hydrogen) atoms. The Kier molecular flexibility index (Phi) is 3.85. The zero-order valence-corrected chi connectivity index (χ0v) is 11.1. The molecule has 1 saturated heterocycles. The second-order valence-corrected chi connectivity index (χ2v) is 5.46. The van der Waals surface area contributed by atoms with Gasteiger partial charge in [0, 0.05) is 18.7 Å². The summed E-state index contributed by atoms with van der Waals surface area (Å²) in [6.07, 6.45) is 0. The van der Waals surface area contributed by atoms with Crippen molar-refractivity contribution in [2.45, 2.75) is 13.8 Å². The number of Topliss-reactive ketones (excluding diaryl/α,β-unsaturated/α-hetero) is 1. The lowest BCUT2D eigenvalue weighted by Crippen LogP contribution is -2.28.